The van der Waals surface area contributed by atoms with Crippen LogP contribution >= 0.6 is 0 Å². The van der Waals surface area contributed by atoms with Gasteiger partial charge in [-0.1, -0.05) is 0 Å². The summed E-state index contributed by atoms with van der Waals surface area (Å²) in [5.74, 6) is -0.240. The molecule has 0 unspecified atom stereocenters. The van der Waals surface area contributed by atoms with Crippen LogP contribution in [-0.2, 0) is 16.1 Å². The van der Waals surface area contributed by atoms with Gasteiger partial charge in [0.25, 0.3) is 0 Å². The average Bonchev–Trinajstić information content (AvgIpc) is 3.25. The molecular formula is C12H17N5O2. The zero-order chi connectivity index (χ0) is 13.5. The summed E-state index contributed by atoms with van der Waals surface area (Å²) in [7, 11) is 0. The molecular weight excluding hydrogens is 246 g/mol. The highest BCUT2D eigenvalue weighted by Gasteiger charge is 2.46. The summed E-state index contributed by atoms with van der Waals surface area (Å²) in [5.41, 5.74) is 5.65. The van der Waals surface area contributed by atoms with E-state index in [9.17, 15) is 9.59 Å². The number of aromatic nitrogens is 2. The van der Waals surface area contributed by atoms with E-state index in [4.69, 9.17) is 5.73 Å². The van der Waals surface area contributed by atoms with Crippen LogP contribution in [0.2, 0.25) is 0 Å². The molecule has 2 saturated carbocycles. The minimum absolute atomic E-state index is 0.0547. The van der Waals surface area contributed by atoms with Crippen LogP contribution in [0.3, 0.4) is 0 Å². The van der Waals surface area contributed by atoms with Gasteiger partial charge in [0.1, 0.15) is 6.54 Å². The van der Waals surface area contributed by atoms with Gasteiger partial charge in [0, 0.05) is 12.2 Å². The molecule has 1 heterocycles. The molecule has 0 saturated heterocycles. The first kappa shape index (κ1) is 12.2. The topological polar surface area (TPSA) is 102 Å². The highest BCUT2D eigenvalue weighted by molar-refractivity contribution is 5.99. The van der Waals surface area contributed by atoms with Crippen molar-refractivity contribution in [3.63, 3.8) is 0 Å². The molecule has 0 aromatic carbocycles. The number of carbonyl (C=O) groups is 2. The average molecular weight is 263 g/mol. The smallest absolute Gasteiger partial charge is 0.244 e. The largest absolute Gasteiger partial charge is 0.352 e. The Kier molecular flexibility index (Phi) is 2.78. The number of carbonyl (C=O) groups excluding carboxylic acids is 2. The Labute approximate surface area is 110 Å². The van der Waals surface area contributed by atoms with E-state index >= 15 is 0 Å². The Morgan fingerprint density at radius 3 is 2.84 bits per heavy atom. The monoisotopic (exact) mass is 263 g/mol. The Balaban J connectivity index is 1.53. The number of nitrogens with two attached hydrogens (primary N) is 1. The molecule has 3 rings (SSSR count). The lowest BCUT2D eigenvalue weighted by atomic mass is 10.3. The molecule has 2 aliphatic carbocycles. The summed E-state index contributed by atoms with van der Waals surface area (Å²) in [6, 6.07) is 0.342. The maximum Gasteiger partial charge on any atom is 0.244 e. The molecule has 19 heavy (non-hydrogen) atoms. The summed E-state index contributed by atoms with van der Waals surface area (Å²) in [6.45, 7) is 0.167. The van der Waals surface area contributed by atoms with Gasteiger partial charge >= 0.3 is 0 Å². The van der Waals surface area contributed by atoms with Crippen LogP contribution < -0.4 is 16.4 Å². The first-order valence-electron chi connectivity index (χ1n) is 6.47. The second kappa shape index (κ2) is 4.34. The van der Waals surface area contributed by atoms with Gasteiger partial charge in [-0.25, -0.2) is 0 Å². The standard InChI is InChI=1S/C12H17N5O2/c13-12(3-4-12)11(19)16-9-5-14-17(6-9)7-10(18)15-8-1-2-8/h5-6,8H,1-4,7,13H2,(H,15,18)(H,16,19). The van der Waals surface area contributed by atoms with Crippen LogP contribution in [0.4, 0.5) is 5.69 Å². The van der Waals surface area contributed by atoms with E-state index < -0.39 is 5.54 Å². The van der Waals surface area contributed by atoms with Gasteiger partial charge in [0.2, 0.25) is 11.8 Å². The van der Waals surface area contributed by atoms with Crippen molar-refractivity contribution < 1.29 is 9.59 Å². The van der Waals surface area contributed by atoms with E-state index in [-0.39, 0.29) is 18.4 Å². The fourth-order valence-electron chi connectivity index (χ4n) is 1.78. The molecule has 0 atom stereocenters. The van der Waals surface area contributed by atoms with E-state index in [0.29, 0.717) is 11.7 Å². The van der Waals surface area contributed by atoms with Gasteiger partial charge < -0.3 is 16.4 Å². The predicted molar refractivity (Wildman–Crippen MR) is 68.2 cm³/mol. The molecule has 0 spiro atoms. The van der Waals surface area contributed by atoms with Crippen LogP contribution in [0.1, 0.15) is 25.7 Å². The van der Waals surface area contributed by atoms with Gasteiger partial charge in [-0.3, -0.25) is 14.3 Å². The van der Waals surface area contributed by atoms with Crippen molar-refractivity contribution in [1.82, 2.24) is 15.1 Å². The summed E-state index contributed by atoms with van der Waals surface area (Å²) >= 11 is 0. The first-order chi connectivity index (χ1) is 9.05. The predicted octanol–water partition coefficient (Wildman–Crippen LogP) is -0.409. The third-order valence-electron chi connectivity index (χ3n) is 3.38. The molecule has 1 aromatic rings. The van der Waals surface area contributed by atoms with Gasteiger partial charge in [0.15, 0.2) is 0 Å². The van der Waals surface area contributed by atoms with Crippen LogP contribution in [0.15, 0.2) is 12.4 Å². The number of nitrogens with one attached hydrogen (secondary N) is 2. The highest BCUT2D eigenvalue weighted by atomic mass is 16.2. The van der Waals surface area contributed by atoms with Crippen molar-refractivity contribution in [3.05, 3.63) is 12.4 Å². The molecule has 4 N–H and O–H groups in total. The van der Waals surface area contributed by atoms with E-state index in [2.05, 4.69) is 15.7 Å². The summed E-state index contributed by atoms with van der Waals surface area (Å²) in [5, 5.41) is 9.63. The summed E-state index contributed by atoms with van der Waals surface area (Å²) in [6.07, 6.45) is 6.72. The minimum Gasteiger partial charge on any atom is -0.352 e. The zero-order valence-corrected chi connectivity index (χ0v) is 10.6. The Morgan fingerprint density at radius 2 is 2.21 bits per heavy atom. The number of anilines is 1. The third-order valence-corrected chi connectivity index (χ3v) is 3.38. The maximum absolute atomic E-state index is 11.7. The van der Waals surface area contributed by atoms with E-state index in [1.54, 1.807) is 6.20 Å². The van der Waals surface area contributed by atoms with Crippen molar-refractivity contribution in [1.29, 1.82) is 0 Å². The van der Waals surface area contributed by atoms with E-state index in [1.165, 1.54) is 10.9 Å². The van der Waals surface area contributed by atoms with Crippen LogP contribution in [0, 0.1) is 0 Å². The normalized spacial score (nSPS) is 19.8. The summed E-state index contributed by atoms with van der Waals surface area (Å²) in [4.78, 5) is 23.3. The second-order valence-electron chi connectivity index (χ2n) is 5.38. The molecule has 0 radical (unpaired) electrons. The zero-order valence-electron chi connectivity index (χ0n) is 10.6. The number of nitrogens with zero attached hydrogens (tertiary/aromatic N) is 2. The molecule has 2 amide bonds. The maximum atomic E-state index is 11.7. The van der Waals surface area contributed by atoms with Crippen molar-refractivity contribution in [3.8, 4) is 0 Å². The van der Waals surface area contributed by atoms with Gasteiger partial charge in [0.05, 0.1) is 17.4 Å². The number of amides is 2. The highest BCUT2D eigenvalue weighted by Crippen LogP contribution is 2.33. The van der Waals surface area contributed by atoms with Crippen molar-refractivity contribution in [2.24, 2.45) is 5.73 Å². The molecule has 7 heteroatoms. The lowest BCUT2D eigenvalue weighted by molar-refractivity contribution is -0.122. The molecule has 1 aromatic heterocycles. The fraction of sp³-hybridized carbons (Fsp3) is 0.583. The van der Waals surface area contributed by atoms with E-state index in [1.807, 2.05) is 0 Å². The Bertz CT molecular complexity index is 516. The molecule has 2 aliphatic rings. The third kappa shape index (κ3) is 2.93. The lowest BCUT2D eigenvalue weighted by Gasteiger charge is -2.07. The number of hydrogen-bond acceptors (Lipinski definition) is 4. The molecule has 7 nitrogen and oxygen atoms in total. The lowest BCUT2D eigenvalue weighted by Crippen LogP contribution is -2.37. The quantitative estimate of drug-likeness (QED) is 0.672. The Morgan fingerprint density at radius 1 is 1.47 bits per heavy atom. The summed E-state index contributed by atoms with van der Waals surface area (Å²) < 4.78 is 1.50. The minimum atomic E-state index is -0.703. The van der Waals surface area contributed by atoms with Crippen LogP contribution in [-0.4, -0.2) is 33.2 Å². The Hall–Kier alpha value is -1.89. The van der Waals surface area contributed by atoms with Crippen LogP contribution in [0.5, 0.6) is 0 Å². The van der Waals surface area contributed by atoms with Gasteiger partial charge in [-0.2, -0.15) is 5.10 Å². The SMILES string of the molecule is NC1(C(=O)Nc2cnn(CC(=O)NC3CC3)c2)CC1. The van der Waals surface area contributed by atoms with E-state index in [0.717, 1.165) is 25.7 Å². The molecule has 0 bridgehead atoms. The van der Waals surface area contributed by atoms with Gasteiger partial charge in [-0.15, -0.1) is 0 Å². The molecule has 102 valence electrons. The first-order valence-corrected chi connectivity index (χ1v) is 6.47. The fourth-order valence-corrected chi connectivity index (χ4v) is 1.78. The second-order valence-corrected chi connectivity index (χ2v) is 5.38. The molecule has 0 aliphatic heterocycles. The molecule has 2 fully saturated rings. The number of rotatable bonds is 5. The van der Waals surface area contributed by atoms with Crippen molar-refractivity contribution >= 4 is 17.5 Å². The van der Waals surface area contributed by atoms with Crippen molar-refractivity contribution in [2.45, 2.75) is 43.8 Å². The van der Waals surface area contributed by atoms with Gasteiger partial charge in [-0.05, 0) is 25.7 Å². The number of hydrogen-bond donors (Lipinski definition) is 3. The van der Waals surface area contributed by atoms with Crippen LogP contribution in [0.25, 0.3) is 0 Å². The van der Waals surface area contributed by atoms with Crippen molar-refractivity contribution in [2.75, 3.05) is 5.32 Å².